The quantitative estimate of drug-likeness (QED) is 0.463. The molecule has 1 aromatic heterocycles. The number of likely N-dealkylation sites (N-methyl/N-ethyl adjacent to an activating group) is 1. The van der Waals surface area contributed by atoms with Crippen LogP contribution >= 0.6 is 11.3 Å². The van der Waals surface area contributed by atoms with E-state index >= 15 is 0 Å². The number of carbonyl (C=O) groups excluding carboxylic acids is 2. The first-order valence-corrected chi connectivity index (χ1v) is 12.6. The summed E-state index contributed by atoms with van der Waals surface area (Å²) in [6, 6.07) is 25.3. The van der Waals surface area contributed by atoms with Crippen molar-refractivity contribution in [2.24, 2.45) is 4.99 Å². The molecule has 0 fully saturated rings. The van der Waals surface area contributed by atoms with Crippen molar-refractivity contribution in [2.75, 3.05) is 17.3 Å². The lowest BCUT2D eigenvalue weighted by molar-refractivity contribution is -0.113. The number of aromatic nitrogens is 1. The second-order valence-corrected chi connectivity index (χ2v) is 9.87. The molecule has 3 heterocycles. The predicted octanol–water partition coefficient (Wildman–Crippen LogP) is 3.22. The van der Waals surface area contributed by atoms with E-state index in [0.717, 1.165) is 11.3 Å². The second-order valence-electron chi connectivity index (χ2n) is 8.89. The number of anilines is 2. The van der Waals surface area contributed by atoms with Gasteiger partial charge in [-0.25, -0.2) is 4.99 Å². The lowest BCUT2D eigenvalue weighted by Crippen LogP contribution is -2.41. The fourth-order valence-corrected chi connectivity index (χ4v) is 6.06. The Labute approximate surface area is 216 Å². The average molecular weight is 507 g/mol. The van der Waals surface area contributed by atoms with E-state index in [2.05, 4.69) is 10.3 Å². The second kappa shape index (κ2) is 8.83. The van der Waals surface area contributed by atoms with Gasteiger partial charge in [0.1, 0.15) is 4.53 Å². The number of hydrogen-bond acceptors (Lipinski definition) is 5. The molecule has 2 aliphatic rings. The molecular formula is C29H22N4O3S. The Morgan fingerprint density at radius 3 is 2.30 bits per heavy atom. The summed E-state index contributed by atoms with van der Waals surface area (Å²) in [5.74, 6) is -0.568. The molecule has 0 radical (unpaired) electrons. The third-order valence-electron chi connectivity index (χ3n) is 6.67. The Balaban J connectivity index is 1.59. The highest BCUT2D eigenvalue weighted by Gasteiger charge is 2.35. The Hall–Kier alpha value is -4.56. The number of amides is 2. The molecule has 0 saturated heterocycles. The zero-order valence-electron chi connectivity index (χ0n) is 20.1. The van der Waals surface area contributed by atoms with Crippen LogP contribution in [0.3, 0.4) is 0 Å². The van der Waals surface area contributed by atoms with Crippen molar-refractivity contribution in [1.82, 2.24) is 4.57 Å². The summed E-state index contributed by atoms with van der Waals surface area (Å²) in [5, 5.41) is 2.95. The van der Waals surface area contributed by atoms with Gasteiger partial charge in [0, 0.05) is 18.3 Å². The molecule has 182 valence electrons. The molecule has 3 aromatic carbocycles. The molecule has 1 atom stereocenters. The Morgan fingerprint density at radius 2 is 1.57 bits per heavy atom. The SMILES string of the molecule is CC1=C(C(=O)Nc2ccccc2)[C@@H](c2ccccc2)n2c(s/c(=C3\C(=O)N(C)c4ccccc43)c2=O)=N1. The fourth-order valence-electron chi connectivity index (χ4n) is 4.92. The first-order valence-electron chi connectivity index (χ1n) is 11.8. The molecule has 1 N–H and O–H groups in total. The molecule has 2 aliphatic heterocycles. The Bertz CT molecular complexity index is 1790. The minimum absolute atomic E-state index is 0.236. The zero-order valence-corrected chi connectivity index (χ0v) is 21.0. The van der Waals surface area contributed by atoms with Crippen molar-refractivity contribution >= 4 is 40.1 Å². The van der Waals surface area contributed by atoms with Gasteiger partial charge in [0.15, 0.2) is 4.80 Å². The van der Waals surface area contributed by atoms with E-state index in [1.807, 2.05) is 84.9 Å². The maximum Gasteiger partial charge on any atom is 0.271 e. The number of hydrogen-bond donors (Lipinski definition) is 1. The topological polar surface area (TPSA) is 83.8 Å². The van der Waals surface area contributed by atoms with Gasteiger partial charge in [0.2, 0.25) is 0 Å². The van der Waals surface area contributed by atoms with Gasteiger partial charge in [-0.1, -0.05) is 78.1 Å². The molecular weight excluding hydrogens is 484 g/mol. The van der Waals surface area contributed by atoms with Gasteiger partial charge in [0.25, 0.3) is 17.4 Å². The molecule has 6 rings (SSSR count). The van der Waals surface area contributed by atoms with Gasteiger partial charge in [-0.05, 0) is 30.7 Å². The maximum atomic E-state index is 14.0. The molecule has 0 unspecified atom stereocenters. The number of benzene rings is 3. The molecule has 8 heteroatoms. The molecule has 37 heavy (non-hydrogen) atoms. The number of fused-ring (bicyclic) bond motifs is 2. The van der Waals surface area contributed by atoms with E-state index in [-0.39, 0.29) is 17.4 Å². The van der Waals surface area contributed by atoms with Gasteiger partial charge in [0.05, 0.1) is 28.6 Å². The number of allylic oxidation sites excluding steroid dienone is 1. The van der Waals surface area contributed by atoms with E-state index < -0.39 is 6.04 Å². The van der Waals surface area contributed by atoms with Crippen LogP contribution in [0.25, 0.3) is 5.57 Å². The summed E-state index contributed by atoms with van der Waals surface area (Å²) < 4.78 is 1.86. The van der Waals surface area contributed by atoms with Crippen molar-refractivity contribution in [3.8, 4) is 0 Å². The van der Waals surface area contributed by atoms with Gasteiger partial charge >= 0.3 is 0 Å². The summed E-state index contributed by atoms with van der Waals surface area (Å²) in [5.41, 5.74) is 3.83. The zero-order chi connectivity index (χ0) is 25.7. The third-order valence-corrected chi connectivity index (χ3v) is 7.72. The lowest BCUT2D eigenvalue weighted by Gasteiger charge is -2.25. The van der Waals surface area contributed by atoms with Crippen LogP contribution in [-0.4, -0.2) is 23.4 Å². The van der Waals surface area contributed by atoms with Crippen LogP contribution in [0.2, 0.25) is 0 Å². The molecule has 0 aliphatic carbocycles. The standard InChI is InChI=1S/C29H22N4O3S/c1-17-22(26(34)31-19-13-7-4-8-14-19)24(18-11-5-3-6-12-18)33-28(36)25(37-29(33)30-17)23-20-15-9-10-16-21(20)32(2)27(23)35/h3-16,24H,1-2H3,(H,31,34)/b25-23-/t24-/m1/s1. The molecule has 0 spiro atoms. The summed E-state index contributed by atoms with van der Waals surface area (Å²) >= 11 is 1.18. The molecule has 7 nitrogen and oxygen atoms in total. The van der Waals surface area contributed by atoms with E-state index in [9.17, 15) is 14.4 Å². The molecule has 4 aromatic rings. The largest absolute Gasteiger partial charge is 0.322 e. The van der Waals surface area contributed by atoms with Crippen LogP contribution in [0.5, 0.6) is 0 Å². The maximum absolute atomic E-state index is 14.0. The van der Waals surface area contributed by atoms with E-state index in [4.69, 9.17) is 0 Å². The van der Waals surface area contributed by atoms with E-state index in [1.165, 1.54) is 11.3 Å². The molecule has 0 bridgehead atoms. The summed E-state index contributed by atoms with van der Waals surface area (Å²) in [6.45, 7) is 1.78. The highest BCUT2D eigenvalue weighted by Crippen LogP contribution is 2.34. The summed E-state index contributed by atoms with van der Waals surface area (Å²) in [7, 11) is 1.70. The third kappa shape index (κ3) is 3.65. The highest BCUT2D eigenvalue weighted by molar-refractivity contribution is 7.07. The van der Waals surface area contributed by atoms with Crippen molar-refractivity contribution in [2.45, 2.75) is 13.0 Å². The first-order chi connectivity index (χ1) is 18.0. The minimum atomic E-state index is -0.694. The van der Waals surface area contributed by atoms with Crippen molar-refractivity contribution < 1.29 is 9.59 Å². The van der Waals surface area contributed by atoms with Crippen LogP contribution < -0.4 is 25.1 Å². The molecule has 0 saturated carbocycles. The van der Waals surface area contributed by atoms with Gasteiger partial charge < -0.3 is 10.2 Å². The number of nitrogens with zero attached hydrogens (tertiary/aromatic N) is 3. The number of nitrogens with one attached hydrogen (secondary N) is 1. The first kappa shape index (κ1) is 22.9. The monoisotopic (exact) mass is 506 g/mol. The molecule has 2 amide bonds. The fraction of sp³-hybridized carbons (Fsp3) is 0.103. The van der Waals surface area contributed by atoms with Crippen LogP contribution in [0.1, 0.15) is 24.1 Å². The normalized spacial score (nSPS) is 17.8. The van der Waals surface area contributed by atoms with Crippen LogP contribution in [0.15, 0.2) is 106 Å². The van der Waals surface area contributed by atoms with Gasteiger partial charge in [-0.2, -0.15) is 0 Å². The number of carbonyl (C=O) groups is 2. The van der Waals surface area contributed by atoms with Gasteiger partial charge in [-0.3, -0.25) is 19.0 Å². The van der Waals surface area contributed by atoms with Crippen LogP contribution in [0, 0.1) is 0 Å². The number of thiazole rings is 1. The highest BCUT2D eigenvalue weighted by atomic mass is 32.1. The van der Waals surface area contributed by atoms with Crippen molar-refractivity contribution in [1.29, 1.82) is 0 Å². The average Bonchev–Trinajstić information content (AvgIpc) is 3.36. The minimum Gasteiger partial charge on any atom is -0.322 e. The Kier molecular flexibility index (Phi) is 5.46. The van der Waals surface area contributed by atoms with E-state index in [1.54, 1.807) is 23.4 Å². The lowest BCUT2D eigenvalue weighted by atomic mass is 9.95. The Morgan fingerprint density at radius 1 is 0.919 bits per heavy atom. The van der Waals surface area contributed by atoms with Crippen LogP contribution in [0.4, 0.5) is 11.4 Å². The van der Waals surface area contributed by atoms with Crippen LogP contribution in [-0.2, 0) is 9.59 Å². The predicted molar refractivity (Wildman–Crippen MR) is 144 cm³/mol. The number of rotatable bonds is 3. The smallest absolute Gasteiger partial charge is 0.271 e. The van der Waals surface area contributed by atoms with Gasteiger partial charge in [-0.15, -0.1) is 0 Å². The van der Waals surface area contributed by atoms with Crippen molar-refractivity contribution in [3.05, 3.63) is 127 Å². The van der Waals surface area contributed by atoms with Crippen molar-refractivity contribution in [3.63, 3.8) is 0 Å². The summed E-state index contributed by atoms with van der Waals surface area (Å²) in [6.07, 6.45) is 0. The van der Waals surface area contributed by atoms with E-state index in [0.29, 0.717) is 37.4 Å². The number of para-hydroxylation sites is 2. The summed E-state index contributed by atoms with van der Waals surface area (Å²) in [4.78, 5) is 47.6.